The van der Waals surface area contributed by atoms with Gasteiger partial charge in [0, 0.05) is 11.1 Å². The van der Waals surface area contributed by atoms with Crippen LogP contribution < -0.4 is 5.32 Å². The summed E-state index contributed by atoms with van der Waals surface area (Å²) in [4.78, 5) is 0. The molecule has 138 valence electrons. The second-order valence-corrected chi connectivity index (χ2v) is 10.4. The maximum atomic E-state index is 6.31. The lowest BCUT2D eigenvalue weighted by Crippen LogP contribution is -2.63. The summed E-state index contributed by atoms with van der Waals surface area (Å²) in [6.45, 7) is 5.85. The Hall–Kier alpha value is -1.25. The Bertz CT molecular complexity index is 822. The van der Waals surface area contributed by atoms with Crippen molar-refractivity contribution in [1.82, 2.24) is 5.32 Å². The average molecular weight is 370 g/mol. The Morgan fingerprint density at radius 1 is 1.00 bits per heavy atom. The minimum atomic E-state index is 0.306. The molecule has 2 aromatic rings. The first-order valence-electron chi connectivity index (χ1n) is 9.95. The number of halogens is 1. The van der Waals surface area contributed by atoms with E-state index in [1.165, 1.54) is 38.5 Å². The number of rotatable bonds is 4. The molecule has 1 N–H and O–H groups in total. The molecule has 2 nitrogen and oxygen atoms in total. The predicted octanol–water partition coefficient (Wildman–Crippen LogP) is 6.44. The standard InChI is InChI=1S/C23H28ClNO/c1-21-9-16-10-22(2,13-21)15-23(11-16,14-21)25-12-17-7-8-20(26-17)18-5-3-4-6-19(18)24/h3-8,16,25H,9-15H2,1-2H3/t16?,21-,22+,23?. The minimum absolute atomic E-state index is 0.306. The molecular weight excluding hydrogens is 342 g/mol. The SMILES string of the molecule is C[C@]12CC3CC(NCc4ccc(-c5ccccc5Cl)o4)(C1)C[C@@](C)(C3)C2. The van der Waals surface area contributed by atoms with E-state index in [2.05, 4.69) is 25.2 Å². The summed E-state index contributed by atoms with van der Waals surface area (Å²) in [5, 5.41) is 4.69. The lowest BCUT2D eigenvalue weighted by atomic mass is 9.43. The topological polar surface area (TPSA) is 25.2 Å². The molecule has 6 rings (SSSR count). The van der Waals surface area contributed by atoms with Crippen molar-refractivity contribution in [3.05, 3.63) is 47.2 Å². The van der Waals surface area contributed by atoms with Crippen molar-refractivity contribution < 1.29 is 4.42 Å². The zero-order valence-electron chi connectivity index (χ0n) is 15.8. The molecule has 4 aliphatic rings. The lowest BCUT2D eigenvalue weighted by Gasteiger charge is -2.65. The Balaban J connectivity index is 1.34. The molecule has 1 aromatic heterocycles. The first-order valence-corrected chi connectivity index (χ1v) is 10.3. The summed E-state index contributed by atoms with van der Waals surface area (Å²) in [7, 11) is 0. The Labute approximate surface area is 161 Å². The van der Waals surface area contributed by atoms with Crippen molar-refractivity contribution in [2.75, 3.05) is 0 Å². The van der Waals surface area contributed by atoms with Crippen LogP contribution in [0.25, 0.3) is 11.3 Å². The molecule has 0 spiro atoms. The molecule has 0 radical (unpaired) electrons. The van der Waals surface area contributed by atoms with Crippen LogP contribution in [0.3, 0.4) is 0 Å². The van der Waals surface area contributed by atoms with Gasteiger partial charge in [-0.25, -0.2) is 0 Å². The third-order valence-corrected chi connectivity index (χ3v) is 7.39. The van der Waals surface area contributed by atoms with Crippen molar-refractivity contribution in [2.45, 2.75) is 64.5 Å². The van der Waals surface area contributed by atoms with E-state index in [4.69, 9.17) is 16.0 Å². The fourth-order valence-corrected chi connectivity index (χ4v) is 7.43. The molecule has 4 fully saturated rings. The third-order valence-electron chi connectivity index (χ3n) is 7.06. The minimum Gasteiger partial charge on any atom is -0.460 e. The fourth-order valence-electron chi connectivity index (χ4n) is 7.20. The monoisotopic (exact) mass is 369 g/mol. The van der Waals surface area contributed by atoms with Crippen LogP contribution in [0.2, 0.25) is 5.02 Å². The molecular formula is C23H28ClNO. The van der Waals surface area contributed by atoms with Gasteiger partial charge in [0.15, 0.2) is 0 Å². The van der Waals surface area contributed by atoms with E-state index in [9.17, 15) is 0 Å². The summed E-state index contributed by atoms with van der Waals surface area (Å²) >= 11 is 6.31. The van der Waals surface area contributed by atoms with E-state index < -0.39 is 0 Å². The zero-order chi connectivity index (χ0) is 18.0. The smallest absolute Gasteiger partial charge is 0.135 e. The molecule has 3 heteroatoms. The Kier molecular flexibility index (Phi) is 3.65. The zero-order valence-corrected chi connectivity index (χ0v) is 16.5. The van der Waals surface area contributed by atoms with Crippen LogP contribution in [0.5, 0.6) is 0 Å². The van der Waals surface area contributed by atoms with Gasteiger partial charge in [0.1, 0.15) is 11.5 Å². The molecule has 1 aromatic carbocycles. The van der Waals surface area contributed by atoms with Gasteiger partial charge in [-0.1, -0.05) is 37.6 Å². The number of hydrogen-bond acceptors (Lipinski definition) is 2. The highest BCUT2D eigenvalue weighted by atomic mass is 35.5. The van der Waals surface area contributed by atoms with Gasteiger partial charge in [0.05, 0.1) is 11.6 Å². The fraction of sp³-hybridized carbons (Fsp3) is 0.565. The van der Waals surface area contributed by atoms with Gasteiger partial charge in [-0.15, -0.1) is 0 Å². The van der Waals surface area contributed by atoms with Crippen molar-refractivity contribution in [3.63, 3.8) is 0 Å². The van der Waals surface area contributed by atoms with Gasteiger partial charge in [-0.2, -0.15) is 0 Å². The van der Waals surface area contributed by atoms with E-state index in [-0.39, 0.29) is 0 Å². The van der Waals surface area contributed by atoms with Crippen LogP contribution in [-0.4, -0.2) is 5.54 Å². The van der Waals surface area contributed by atoms with E-state index in [0.29, 0.717) is 16.4 Å². The lowest BCUT2D eigenvalue weighted by molar-refractivity contribution is -0.118. The maximum absolute atomic E-state index is 6.31. The van der Waals surface area contributed by atoms with Gasteiger partial charge in [0.2, 0.25) is 0 Å². The molecule has 0 saturated heterocycles. The molecule has 4 bridgehead atoms. The molecule has 1 heterocycles. The Morgan fingerprint density at radius 2 is 1.73 bits per heavy atom. The molecule has 0 aliphatic heterocycles. The molecule has 4 aliphatic carbocycles. The van der Waals surface area contributed by atoms with Crippen LogP contribution in [0.15, 0.2) is 40.8 Å². The van der Waals surface area contributed by atoms with Gasteiger partial charge < -0.3 is 9.73 Å². The average Bonchev–Trinajstić information content (AvgIpc) is 2.99. The number of hydrogen-bond donors (Lipinski definition) is 1. The van der Waals surface area contributed by atoms with E-state index in [1.54, 1.807) is 0 Å². The summed E-state index contributed by atoms with van der Waals surface area (Å²) < 4.78 is 6.12. The molecule has 2 unspecified atom stereocenters. The third kappa shape index (κ3) is 2.82. The van der Waals surface area contributed by atoms with Crippen LogP contribution in [0.1, 0.15) is 58.1 Å². The second-order valence-electron chi connectivity index (χ2n) is 10.0. The van der Waals surface area contributed by atoms with Crippen LogP contribution in [0.4, 0.5) is 0 Å². The molecule has 4 saturated carbocycles. The first-order chi connectivity index (χ1) is 12.4. The number of nitrogens with one attached hydrogen (secondary N) is 1. The maximum Gasteiger partial charge on any atom is 0.135 e. The molecule has 26 heavy (non-hydrogen) atoms. The van der Waals surface area contributed by atoms with Gasteiger partial charge in [0.25, 0.3) is 0 Å². The predicted molar refractivity (Wildman–Crippen MR) is 106 cm³/mol. The highest BCUT2D eigenvalue weighted by Crippen LogP contribution is 2.66. The van der Waals surface area contributed by atoms with Crippen LogP contribution in [-0.2, 0) is 6.54 Å². The second kappa shape index (κ2) is 5.62. The quantitative estimate of drug-likeness (QED) is 0.670. The normalized spacial score (nSPS) is 38.0. The van der Waals surface area contributed by atoms with Gasteiger partial charge >= 0.3 is 0 Å². The molecule has 4 atom stereocenters. The highest BCUT2D eigenvalue weighted by Gasteiger charge is 2.59. The summed E-state index contributed by atoms with van der Waals surface area (Å²) in [6, 6.07) is 12.0. The van der Waals surface area contributed by atoms with Crippen molar-refractivity contribution in [1.29, 1.82) is 0 Å². The summed E-state index contributed by atoms with van der Waals surface area (Å²) in [5.41, 5.74) is 2.34. The van der Waals surface area contributed by atoms with E-state index in [0.717, 1.165) is 34.6 Å². The van der Waals surface area contributed by atoms with E-state index >= 15 is 0 Å². The van der Waals surface area contributed by atoms with Crippen molar-refractivity contribution in [2.24, 2.45) is 16.7 Å². The van der Waals surface area contributed by atoms with Gasteiger partial charge in [-0.05, 0) is 79.5 Å². The van der Waals surface area contributed by atoms with Crippen LogP contribution >= 0.6 is 11.6 Å². The highest BCUT2D eigenvalue weighted by molar-refractivity contribution is 6.33. The number of furan rings is 1. The first kappa shape index (κ1) is 16.9. The van der Waals surface area contributed by atoms with Crippen molar-refractivity contribution in [3.8, 4) is 11.3 Å². The van der Waals surface area contributed by atoms with Crippen LogP contribution in [0, 0.1) is 16.7 Å². The van der Waals surface area contributed by atoms with E-state index in [1.807, 2.05) is 30.3 Å². The number of benzene rings is 1. The Morgan fingerprint density at radius 3 is 2.42 bits per heavy atom. The molecule has 0 amide bonds. The summed E-state index contributed by atoms with van der Waals surface area (Å²) in [6.07, 6.45) is 8.27. The summed E-state index contributed by atoms with van der Waals surface area (Å²) in [5.74, 6) is 2.77. The van der Waals surface area contributed by atoms with Crippen molar-refractivity contribution >= 4 is 11.6 Å². The largest absolute Gasteiger partial charge is 0.460 e. The van der Waals surface area contributed by atoms with Gasteiger partial charge in [-0.3, -0.25) is 0 Å².